The second kappa shape index (κ2) is 3.37. The van der Waals surface area contributed by atoms with Gasteiger partial charge in [0.15, 0.2) is 0 Å². The molecule has 0 radical (unpaired) electrons. The van der Waals surface area contributed by atoms with Gasteiger partial charge in [-0.1, -0.05) is 0 Å². The summed E-state index contributed by atoms with van der Waals surface area (Å²) >= 11 is 0. The molecule has 0 aliphatic heterocycles. The predicted octanol–water partition coefficient (Wildman–Crippen LogP) is 0.942. The number of fused-ring (bicyclic) bond motifs is 1. The van der Waals surface area contributed by atoms with Crippen LogP contribution in [0.1, 0.15) is 10.4 Å². The Labute approximate surface area is 90.2 Å². The first-order valence-electron chi connectivity index (χ1n) is 4.57. The summed E-state index contributed by atoms with van der Waals surface area (Å²) in [6.07, 6.45) is 0. The van der Waals surface area contributed by atoms with Gasteiger partial charge in [0, 0.05) is 18.5 Å². The molecule has 5 nitrogen and oxygen atoms in total. The molecular formula is C11H9NO4. The molecule has 16 heavy (non-hydrogen) atoms. The van der Waals surface area contributed by atoms with Gasteiger partial charge >= 0.3 is 5.97 Å². The minimum atomic E-state index is -1.19. The van der Waals surface area contributed by atoms with Gasteiger partial charge in [0.25, 0.3) is 5.56 Å². The SMILES string of the molecule is Cn1c(=O)cc(C(=O)O)c2cc(O)ccc21. The quantitative estimate of drug-likeness (QED) is 0.748. The summed E-state index contributed by atoms with van der Waals surface area (Å²) in [5.74, 6) is -1.22. The van der Waals surface area contributed by atoms with E-state index in [0.29, 0.717) is 10.9 Å². The molecule has 1 heterocycles. The molecule has 0 amide bonds. The zero-order chi connectivity index (χ0) is 11.9. The number of nitrogens with zero attached hydrogens (tertiary/aromatic N) is 1. The Morgan fingerprint density at radius 1 is 1.31 bits per heavy atom. The van der Waals surface area contributed by atoms with E-state index >= 15 is 0 Å². The summed E-state index contributed by atoms with van der Waals surface area (Å²) in [4.78, 5) is 22.4. The third-order valence-corrected chi connectivity index (χ3v) is 2.46. The van der Waals surface area contributed by atoms with E-state index in [4.69, 9.17) is 5.11 Å². The number of pyridine rings is 1. The van der Waals surface area contributed by atoms with Gasteiger partial charge in [-0.15, -0.1) is 0 Å². The van der Waals surface area contributed by atoms with Gasteiger partial charge in [-0.25, -0.2) is 4.79 Å². The summed E-state index contributed by atoms with van der Waals surface area (Å²) in [5.41, 5.74) is -0.0210. The van der Waals surface area contributed by atoms with Gasteiger partial charge in [0.1, 0.15) is 5.75 Å². The molecule has 2 N–H and O–H groups in total. The molecule has 0 aliphatic carbocycles. The molecule has 0 saturated carbocycles. The van der Waals surface area contributed by atoms with Crippen LogP contribution in [0.15, 0.2) is 29.1 Å². The van der Waals surface area contributed by atoms with Crippen LogP contribution in [0, 0.1) is 0 Å². The van der Waals surface area contributed by atoms with Crippen molar-refractivity contribution in [2.75, 3.05) is 0 Å². The van der Waals surface area contributed by atoms with E-state index in [-0.39, 0.29) is 11.3 Å². The van der Waals surface area contributed by atoms with Gasteiger partial charge in [-0.05, 0) is 18.2 Å². The van der Waals surface area contributed by atoms with Crippen LogP contribution in [0.5, 0.6) is 5.75 Å². The van der Waals surface area contributed by atoms with Crippen LogP contribution in [0.2, 0.25) is 0 Å². The number of aromatic hydroxyl groups is 1. The highest BCUT2D eigenvalue weighted by atomic mass is 16.4. The van der Waals surface area contributed by atoms with E-state index in [1.165, 1.54) is 22.8 Å². The summed E-state index contributed by atoms with van der Waals surface area (Å²) in [6.45, 7) is 0. The first-order valence-corrected chi connectivity index (χ1v) is 4.57. The van der Waals surface area contributed by atoms with Crippen LogP contribution in [0.4, 0.5) is 0 Å². The lowest BCUT2D eigenvalue weighted by atomic mass is 10.1. The number of aromatic carboxylic acids is 1. The molecule has 1 aromatic heterocycles. The van der Waals surface area contributed by atoms with Crippen LogP contribution < -0.4 is 5.56 Å². The van der Waals surface area contributed by atoms with Crippen LogP contribution in [0.3, 0.4) is 0 Å². The Morgan fingerprint density at radius 3 is 2.62 bits per heavy atom. The van der Waals surface area contributed by atoms with Crippen LogP contribution in [-0.4, -0.2) is 20.7 Å². The first-order chi connectivity index (χ1) is 7.50. The lowest BCUT2D eigenvalue weighted by molar-refractivity contribution is 0.0699. The number of hydrogen-bond donors (Lipinski definition) is 2. The van der Waals surface area contributed by atoms with E-state index in [2.05, 4.69) is 0 Å². The highest BCUT2D eigenvalue weighted by molar-refractivity contribution is 6.02. The Hall–Kier alpha value is -2.30. The molecule has 82 valence electrons. The Balaban J connectivity index is 3.01. The Morgan fingerprint density at radius 2 is 2.00 bits per heavy atom. The summed E-state index contributed by atoms with van der Waals surface area (Å²) in [6, 6.07) is 5.30. The van der Waals surface area contributed by atoms with Gasteiger partial charge in [-0.3, -0.25) is 4.79 Å². The average Bonchev–Trinajstić information content (AvgIpc) is 2.22. The van der Waals surface area contributed by atoms with Crippen molar-refractivity contribution in [3.05, 3.63) is 40.2 Å². The molecule has 0 fully saturated rings. The summed E-state index contributed by atoms with van der Waals surface area (Å²) in [7, 11) is 1.55. The highest BCUT2D eigenvalue weighted by Crippen LogP contribution is 2.21. The molecule has 2 aromatic rings. The van der Waals surface area contributed by atoms with E-state index in [9.17, 15) is 14.7 Å². The van der Waals surface area contributed by atoms with Crippen molar-refractivity contribution in [2.45, 2.75) is 0 Å². The number of carboxylic acids is 1. The Kier molecular flexibility index (Phi) is 2.16. The van der Waals surface area contributed by atoms with Crippen molar-refractivity contribution < 1.29 is 15.0 Å². The monoisotopic (exact) mass is 219 g/mol. The maximum Gasteiger partial charge on any atom is 0.336 e. The molecular weight excluding hydrogens is 210 g/mol. The van der Waals surface area contributed by atoms with E-state index in [0.717, 1.165) is 6.07 Å². The highest BCUT2D eigenvalue weighted by Gasteiger charge is 2.12. The third-order valence-electron chi connectivity index (χ3n) is 2.46. The molecule has 0 aliphatic rings. The van der Waals surface area contributed by atoms with Crippen molar-refractivity contribution in [3.8, 4) is 5.75 Å². The number of phenols is 1. The number of aryl methyl sites for hydroxylation is 1. The lowest BCUT2D eigenvalue weighted by Crippen LogP contribution is -2.18. The average molecular weight is 219 g/mol. The second-order valence-electron chi connectivity index (χ2n) is 3.46. The molecule has 0 bridgehead atoms. The minimum Gasteiger partial charge on any atom is -0.508 e. The number of aromatic nitrogens is 1. The largest absolute Gasteiger partial charge is 0.508 e. The van der Waals surface area contributed by atoms with Crippen molar-refractivity contribution in [1.29, 1.82) is 0 Å². The third kappa shape index (κ3) is 1.42. The molecule has 5 heteroatoms. The number of carbonyl (C=O) groups is 1. The molecule has 0 saturated heterocycles. The van der Waals surface area contributed by atoms with Gasteiger partial charge in [0.2, 0.25) is 0 Å². The zero-order valence-corrected chi connectivity index (χ0v) is 8.47. The minimum absolute atomic E-state index is 0.0337. The van der Waals surface area contributed by atoms with Crippen molar-refractivity contribution >= 4 is 16.9 Å². The van der Waals surface area contributed by atoms with Gasteiger partial charge in [-0.2, -0.15) is 0 Å². The number of benzene rings is 1. The number of rotatable bonds is 1. The van der Waals surface area contributed by atoms with E-state index in [1.54, 1.807) is 7.05 Å². The fourth-order valence-electron chi connectivity index (χ4n) is 1.63. The molecule has 0 atom stereocenters. The smallest absolute Gasteiger partial charge is 0.336 e. The van der Waals surface area contributed by atoms with Crippen molar-refractivity contribution in [3.63, 3.8) is 0 Å². The number of hydrogen-bond acceptors (Lipinski definition) is 3. The van der Waals surface area contributed by atoms with Crippen LogP contribution in [-0.2, 0) is 7.05 Å². The first kappa shape index (κ1) is 10.2. The van der Waals surface area contributed by atoms with E-state index < -0.39 is 11.5 Å². The van der Waals surface area contributed by atoms with Crippen molar-refractivity contribution in [1.82, 2.24) is 4.57 Å². The fourth-order valence-corrected chi connectivity index (χ4v) is 1.63. The molecule has 1 aromatic carbocycles. The predicted molar refractivity (Wildman–Crippen MR) is 57.8 cm³/mol. The maximum absolute atomic E-state index is 11.5. The topological polar surface area (TPSA) is 79.5 Å². The lowest BCUT2D eigenvalue weighted by Gasteiger charge is -2.07. The maximum atomic E-state index is 11.5. The fraction of sp³-hybridized carbons (Fsp3) is 0.0909. The molecule has 0 unspecified atom stereocenters. The number of phenolic OH excluding ortho intramolecular Hbond substituents is 1. The van der Waals surface area contributed by atoms with Gasteiger partial charge in [0.05, 0.1) is 11.1 Å². The summed E-state index contributed by atoms with van der Waals surface area (Å²) in [5, 5.41) is 18.6. The zero-order valence-electron chi connectivity index (χ0n) is 8.47. The standard InChI is InChI=1S/C11H9NO4/c1-12-9-3-2-6(13)4-7(9)8(11(15)16)5-10(12)14/h2-5,13H,1H3,(H,15,16). The second-order valence-corrected chi connectivity index (χ2v) is 3.46. The molecule has 0 spiro atoms. The van der Waals surface area contributed by atoms with E-state index in [1.807, 2.05) is 0 Å². The van der Waals surface area contributed by atoms with Crippen LogP contribution in [0.25, 0.3) is 10.9 Å². The van der Waals surface area contributed by atoms with Gasteiger partial charge < -0.3 is 14.8 Å². The van der Waals surface area contributed by atoms with Crippen molar-refractivity contribution in [2.24, 2.45) is 7.05 Å². The van der Waals surface area contributed by atoms with Crippen LogP contribution >= 0.6 is 0 Å². The molecule has 2 rings (SSSR count). The number of carboxylic acid groups (broad SMARTS) is 1. The Bertz CT molecular complexity index is 642. The summed E-state index contributed by atoms with van der Waals surface area (Å²) < 4.78 is 1.33. The normalized spacial score (nSPS) is 10.6.